The van der Waals surface area contributed by atoms with Crippen LogP contribution in [-0.4, -0.2) is 75.8 Å². The van der Waals surface area contributed by atoms with Crippen molar-refractivity contribution in [3.05, 3.63) is 83.0 Å². The molecular formula is C32H31Cl2N7O6S. The Labute approximate surface area is 286 Å². The third kappa shape index (κ3) is 6.28. The van der Waals surface area contributed by atoms with E-state index in [1.54, 1.807) is 31.5 Å². The van der Waals surface area contributed by atoms with Gasteiger partial charge in [-0.2, -0.15) is 4.31 Å². The van der Waals surface area contributed by atoms with Gasteiger partial charge in [-0.3, -0.25) is 19.0 Å². The summed E-state index contributed by atoms with van der Waals surface area (Å²) in [7, 11) is -4.37. The Morgan fingerprint density at radius 3 is 2.40 bits per heavy atom. The maximum Gasteiger partial charge on any atom is 0.302 e. The molecule has 0 bridgehead atoms. The zero-order valence-electron chi connectivity index (χ0n) is 26.0. The summed E-state index contributed by atoms with van der Waals surface area (Å²) in [5, 5.41) is 2.98. The first-order valence-corrected chi connectivity index (χ1v) is 17.3. The van der Waals surface area contributed by atoms with Crippen molar-refractivity contribution in [1.29, 1.82) is 0 Å². The minimum Gasteiger partial charge on any atom is -0.464 e. The van der Waals surface area contributed by atoms with E-state index in [1.807, 2.05) is 24.3 Å². The summed E-state index contributed by atoms with van der Waals surface area (Å²) in [4.78, 5) is 52.6. The Hall–Kier alpha value is -4.37. The number of amides is 2. The van der Waals surface area contributed by atoms with Crippen LogP contribution >= 0.6 is 23.2 Å². The lowest BCUT2D eigenvalue weighted by Gasteiger charge is -2.29. The zero-order chi connectivity index (χ0) is 34.2. The van der Waals surface area contributed by atoms with Crippen LogP contribution in [0.1, 0.15) is 32.3 Å². The Kier molecular flexibility index (Phi) is 9.27. The number of imidazole rings is 1. The van der Waals surface area contributed by atoms with Crippen LogP contribution in [0, 0.1) is 0 Å². The first-order valence-electron chi connectivity index (χ1n) is 15.1. The molecule has 250 valence electrons. The van der Waals surface area contributed by atoms with Gasteiger partial charge in [0.1, 0.15) is 24.5 Å². The maximum absolute atomic E-state index is 14.5. The lowest BCUT2D eigenvalue weighted by Crippen LogP contribution is -2.48. The summed E-state index contributed by atoms with van der Waals surface area (Å²) in [5.74, 6) is -1.37. The molecule has 16 heteroatoms. The van der Waals surface area contributed by atoms with Crippen LogP contribution in [0.4, 0.5) is 11.6 Å². The van der Waals surface area contributed by atoms with Gasteiger partial charge < -0.3 is 10.1 Å². The molecule has 2 unspecified atom stereocenters. The molecule has 2 amide bonds. The van der Waals surface area contributed by atoms with Crippen LogP contribution in [-0.2, 0) is 41.1 Å². The van der Waals surface area contributed by atoms with E-state index in [4.69, 9.17) is 27.9 Å². The van der Waals surface area contributed by atoms with Crippen LogP contribution in [0.5, 0.6) is 0 Å². The average Bonchev–Trinajstić information content (AvgIpc) is 3.77. The molecule has 0 spiro atoms. The molecule has 0 saturated carbocycles. The first-order chi connectivity index (χ1) is 22.9. The van der Waals surface area contributed by atoms with E-state index >= 15 is 0 Å². The van der Waals surface area contributed by atoms with Crippen molar-refractivity contribution in [3.63, 3.8) is 0 Å². The Morgan fingerprint density at radius 1 is 1.04 bits per heavy atom. The normalized spacial score (nSPS) is 19.4. The van der Waals surface area contributed by atoms with Gasteiger partial charge in [0.2, 0.25) is 11.9 Å². The second-order valence-corrected chi connectivity index (χ2v) is 14.4. The van der Waals surface area contributed by atoms with E-state index < -0.39 is 39.4 Å². The number of halogens is 2. The Morgan fingerprint density at radius 2 is 1.73 bits per heavy atom. The van der Waals surface area contributed by atoms with E-state index in [0.717, 1.165) is 21.0 Å². The van der Waals surface area contributed by atoms with Crippen LogP contribution in [0.25, 0.3) is 11.1 Å². The number of hydrogen-bond donors (Lipinski definition) is 1. The smallest absolute Gasteiger partial charge is 0.302 e. The van der Waals surface area contributed by atoms with Crippen LogP contribution in [0.15, 0.2) is 72.4 Å². The molecular weight excluding hydrogens is 681 g/mol. The van der Waals surface area contributed by atoms with Crippen molar-refractivity contribution in [2.75, 3.05) is 24.6 Å². The minimum absolute atomic E-state index is 0.0324. The van der Waals surface area contributed by atoms with Gasteiger partial charge in [-0.25, -0.2) is 28.3 Å². The molecule has 13 nitrogen and oxygen atoms in total. The quantitative estimate of drug-likeness (QED) is 0.189. The summed E-state index contributed by atoms with van der Waals surface area (Å²) in [6.45, 7) is 3.00. The fourth-order valence-electron chi connectivity index (χ4n) is 6.17. The highest BCUT2D eigenvalue weighted by molar-refractivity contribution is 7.89. The van der Waals surface area contributed by atoms with E-state index in [1.165, 1.54) is 35.0 Å². The monoisotopic (exact) mass is 711 g/mol. The number of carbonyl (C=O) groups is 3. The number of carbonyl (C=O) groups excluding carboxylic acids is 3. The predicted molar refractivity (Wildman–Crippen MR) is 177 cm³/mol. The fraction of sp³-hybridized carbons (Fsp3) is 0.312. The Balaban J connectivity index is 1.38. The summed E-state index contributed by atoms with van der Waals surface area (Å²) >= 11 is 12.6. The number of aromatic nitrogens is 4. The first kappa shape index (κ1) is 33.5. The highest BCUT2D eigenvalue weighted by Crippen LogP contribution is 2.45. The molecule has 1 N–H and O–H groups in total. The molecule has 2 aliphatic heterocycles. The molecule has 0 aliphatic carbocycles. The molecule has 2 aromatic heterocycles. The van der Waals surface area contributed by atoms with Gasteiger partial charge in [0, 0.05) is 47.9 Å². The summed E-state index contributed by atoms with van der Waals surface area (Å²) in [6, 6.07) is 11.1. The average molecular weight is 713 g/mol. The van der Waals surface area contributed by atoms with Crippen molar-refractivity contribution in [3.8, 4) is 11.1 Å². The zero-order valence-corrected chi connectivity index (χ0v) is 28.3. The van der Waals surface area contributed by atoms with E-state index in [9.17, 15) is 22.8 Å². The number of rotatable bonds is 10. The van der Waals surface area contributed by atoms with Gasteiger partial charge in [0.05, 0.1) is 18.4 Å². The molecule has 2 aromatic carbocycles. The van der Waals surface area contributed by atoms with Gasteiger partial charge in [-0.05, 0) is 49.1 Å². The van der Waals surface area contributed by atoms with Crippen molar-refractivity contribution in [2.24, 2.45) is 0 Å². The van der Waals surface area contributed by atoms with Crippen molar-refractivity contribution in [1.82, 2.24) is 29.1 Å². The second-order valence-electron chi connectivity index (χ2n) is 11.7. The fourth-order valence-corrected chi connectivity index (χ4v) is 8.53. The van der Waals surface area contributed by atoms with E-state index in [2.05, 4.69) is 20.3 Å². The highest BCUT2D eigenvalue weighted by atomic mass is 35.5. The van der Waals surface area contributed by atoms with E-state index in [-0.39, 0.29) is 47.1 Å². The van der Waals surface area contributed by atoms with Crippen LogP contribution < -0.4 is 10.2 Å². The molecule has 48 heavy (non-hydrogen) atoms. The Bertz CT molecular complexity index is 1970. The number of benzene rings is 2. The highest BCUT2D eigenvalue weighted by Gasteiger charge is 2.53. The van der Waals surface area contributed by atoms with Gasteiger partial charge in [-0.15, -0.1) is 0 Å². The third-order valence-electron chi connectivity index (χ3n) is 8.36. The number of hydrogen-bond acceptors (Lipinski definition) is 9. The number of fused-ring (bicyclic) bond motifs is 1. The van der Waals surface area contributed by atoms with Gasteiger partial charge >= 0.3 is 5.97 Å². The lowest BCUT2D eigenvalue weighted by atomic mass is 9.91. The number of anilines is 2. The van der Waals surface area contributed by atoms with Gasteiger partial charge in [0.25, 0.3) is 15.9 Å². The molecule has 2 aliphatic rings. The second kappa shape index (κ2) is 13.3. The lowest BCUT2D eigenvalue weighted by molar-refractivity contribution is -0.141. The maximum atomic E-state index is 14.5. The number of nitrogens with one attached hydrogen (secondary N) is 1. The predicted octanol–water partition coefficient (Wildman–Crippen LogP) is 4.12. The molecule has 6 rings (SSSR count). The largest absolute Gasteiger partial charge is 0.464 e. The van der Waals surface area contributed by atoms with Gasteiger partial charge in [-0.1, -0.05) is 47.5 Å². The summed E-state index contributed by atoms with van der Waals surface area (Å²) < 4.78 is 36.3. The van der Waals surface area contributed by atoms with Crippen molar-refractivity contribution >= 4 is 62.6 Å². The summed E-state index contributed by atoms with van der Waals surface area (Å²) in [6.07, 6.45) is 6.89. The molecule has 4 heterocycles. The SMILES string of the molecule is CC(=O)OCCNC(=O)C1CCCN1S(=O)(=O)c1cnc2n1C(C)(Cc1ccc(-c3cncnc3)cc1)C(=O)N2c1cc(Cl)cc(Cl)c1. The van der Waals surface area contributed by atoms with E-state index in [0.29, 0.717) is 18.5 Å². The standard InChI is InChI=1S/C32H31Cl2N7O6S/c1-20(42)47-11-9-37-29(43)27-4-3-10-39(27)48(45,46)28-18-38-31-40(26-13-24(33)12-25(34)14-26)30(44)32(2,41(28)31)15-21-5-7-22(8-6-21)23-16-35-19-36-17-23/h5-8,12-14,16-19,27H,3-4,9-11,15H2,1-2H3,(H,37,43). The van der Waals surface area contributed by atoms with Crippen LogP contribution in [0.2, 0.25) is 10.0 Å². The van der Waals surface area contributed by atoms with Crippen LogP contribution in [0.3, 0.4) is 0 Å². The van der Waals surface area contributed by atoms with Crippen molar-refractivity contribution in [2.45, 2.75) is 49.7 Å². The molecule has 4 aromatic rings. The topological polar surface area (TPSA) is 157 Å². The minimum atomic E-state index is -4.37. The molecule has 1 fully saturated rings. The third-order valence-corrected chi connectivity index (χ3v) is 10.7. The van der Waals surface area contributed by atoms with Crippen molar-refractivity contribution < 1.29 is 27.5 Å². The number of sulfonamides is 1. The molecule has 2 atom stereocenters. The summed E-state index contributed by atoms with van der Waals surface area (Å²) in [5.41, 5.74) is 1.30. The number of ether oxygens (including phenoxy) is 1. The molecule has 0 radical (unpaired) electrons. The number of esters is 1. The number of nitrogens with zero attached hydrogens (tertiary/aromatic N) is 6. The van der Waals surface area contributed by atoms with Gasteiger partial charge in [0.15, 0.2) is 5.03 Å². The molecule has 1 saturated heterocycles.